The van der Waals surface area contributed by atoms with Gasteiger partial charge in [-0.15, -0.1) is 0 Å². The van der Waals surface area contributed by atoms with Crippen LogP contribution in [-0.2, 0) is 0 Å². The summed E-state index contributed by atoms with van der Waals surface area (Å²) in [7, 11) is 3.88. The summed E-state index contributed by atoms with van der Waals surface area (Å²) >= 11 is 3.18. The molecule has 0 aliphatic rings. The molecule has 1 aromatic rings. The molecule has 3 nitrogen and oxygen atoms in total. The summed E-state index contributed by atoms with van der Waals surface area (Å²) in [6, 6.07) is 4.06. The van der Waals surface area contributed by atoms with Crippen molar-refractivity contribution in [3.63, 3.8) is 0 Å². The Morgan fingerprint density at radius 2 is 2.18 bits per heavy atom. The van der Waals surface area contributed by atoms with Gasteiger partial charge < -0.3 is 10.2 Å². The van der Waals surface area contributed by atoms with Crippen LogP contribution >= 0.6 is 15.9 Å². The minimum Gasteiger partial charge on any atom is -0.348 e. The molecule has 0 saturated heterocycles. The molecule has 0 heterocycles. The zero-order chi connectivity index (χ0) is 13.0. The molecule has 1 aromatic carbocycles. The number of carbonyl (C=O) groups excluding carboxylic acids is 1. The normalized spacial score (nSPS) is 12.6. The van der Waals surface area contributed by atoms with Crippen molar-refractivity contribution < 1.29 is 9.18 Å². The molecule has 17 heavy (non-hydrogen) atoms. The molecule has 0 aliphatic heterocycles. The summed E-state index contributed by atoms with van der Waals surface area (Å²) in [6.45, 7) is 2.68. The molecule has 0 radical (unpaired) electrons. The number of benzene rings is 1. The lowest BCUT2D eigenvalue weighted by atomic mass is 10.2. The van der Waals surface area contributed by atoms with E-state index in [1.807, 2.05) is 25.9 Å². The minimum atomic E-state index is -0.366. The van der Waals surface area contributed by atoms with Crippen molar-refractivity contribution in [3.05, 3.63) is 34.1 Å². The van der Waals surface area contributed by atoms with Gasteiger partial charge >= 0.3 is 0 Å². The lowest BCUT2D eigenvalue weighted by Gasteiger charge is -2.18. The highest BCUT2D eigenvalue weighted by atomic mass is 79.9. The third-order valence-corrected chi connectivity index (χ3v) is 2.85. The topological polar surface area (TPSA) is 32.3 Å². The summed E-state index contributed by atoms with van der Waals surface area (Å²) in [4.78, 5) is 13.9. The molecule has 1 atom stereocenters. The van der Waals surface area contributed by atoms with Crippen LogP contribution in [0.5, 0.6) is 0 Å². The Kier molecular flexibility index (Phi) is 5.08. The lowest BCUT2D eigenvalue weighted by Crippen LogP contribution is -2.39. The van der Waals surface area contributed by atoms with E-state index in [-0.39, 0.29) is 17.8 Å². The molecule has 1 amide bonds. The Morgan fingerprint density at radius 1 is 1.53 bits per heavy atom. The summed E-state index contributed by atoms with van der Waals surface area (Å²) in [5, 5.41) is 2.85. The van der Waals surface area contributed by atoms with E-state index in [1.165, 1.54) is 18.2 Å². The molecule has 0 fully saturated rings. The maximum Gasteiger partial charge on any atom is 0.252 e. The van der Waals surface area contributed by atoms with E-state index in [4.69, 9.17) is 0 Å². The molecular formula is C12H16BrFN2O. The second-order valence-electron chi connectivity index (χ2n) is 4.26. The van der Waals surface area contributed by atoms with E-state index in [0.717, 1.165) is 6.54 Å². The Morgan fingerprint density at radius 3 is 2.71 bits per heavy atom. The third-order valence-electron chi connectivity index (χ3n) is 2.19. The van der Waals surface area contributed by atoms with E-state index < -0.39 is 0 Å². The van der Waals surface area contributed by atoms with Gasteiger partial charge in [-0.2, -0.15) is 0 Å². The second kappa shape index (κ2) is 6.12. The van der Waals surface area contributed by atoms with Crippen molar-refractivity contribution in [2.24, 2.45) is 0 Å². The fraction of sp³-hybridized carbons (Fsp3) is 0.417. The SMILES string of the molecule is CC(CN(C)C)NC(=O)c1ccc(F)cc1Br. The highest BCUT2D eigenvalue weighted by Gasteiger charge is 2.13. The standard InChI is InChI=1S/C12H16BrFN2O/c1-8(7-16(2)3)15-12(17)10-5-4-9(14)6-11(10)13/h4-6,8H,7H2,1-3H3,(H,15,17). The van der Waals surface area contributed by atoms with Crippen LogP contribution in [0, 0.1) is 5.82 Å². The number of hydrogen-bond donors (Lipinski definition) is 1. The van der Waals surface area contributed by atoms with Gasteiger partial charge in [-0.1, -0.05) is 0 Å². The van der Waals surface area contributed by atoms with Gasteiger partial charge in [0, 0.05) is 17.1 Å². The molecular weight excluding hydrogens is 287 g/mol. The van der Waals surface area contributed by atoms with Crippen molar-refractivity contribution in [1.82, 2.24) is 10.2 Å². The molecule has 0 saturated carbocycles. The van der Waals surface area contributed by atoms with Crippen LogP contribution in [0.4, 0.5) is 4.39 Å². The van der Waals surface area contributed by atoms with Crippen molar-refractivity contribution >= 4 is 21.8 Å². The van der Waals surface area contributed by atoms with Crippen molar-refractivity contribution in [2.75, 3.05) is 20.6 Å². The predicted molar refractivity (Wildman–Crippen MR) is 69.6 cm³/mol. The second-order valence-corrected chi connectivity index (χ2v) is 5.12. The number of amides is 1. The van der Waals surface area contributed by atoms with E-state index >= 15 is 0 Å². The van der Waals surface area contributed by atoms with Crippen LogP contribution in [0.15, 0.2) is 22.7 Å². The summed E-state index contributed by atoms with van der Waals surface area (Å²) < 4.78 is 13.3. The number of carbonyl (C=O) groups is 1. The number of nitrogens with one attached hydrogen (secondary N) is 1. The summed E-state index contributed by atoms with van der Waals surface area (Å²) in [5.74, 6) is -0.569. The van der Waals surface area contributed by atoms with Gasteiger partial charge in [-0.05, 0) is 55.1 Å². The monoisotopic (exact) mass is 302 g/mol. The van der Waals surface area contributed by atoms with Crippen LogP contribution in [0.1, 0.15) is 17.3 Å². The van der Waals surface area contributed by atoms with Gasteiger partial charge in [-0.25, -0.2) is 4.39 Å². The van der Waals surface area contributed by atoms with Gasteiger partial charge in [0.25, 0.3) is 5.91 Å². The fourth-order valence-corrected chi connectivity index (χ4v) is 2.10. The first-order chi connectivity index (χ1) is 7.90. The largest absolute Gasteiger partial charge is 0.348 e. The van der Waals surface area contributed by atoms with Gasteiger partial charge in [-0.3, -0.25) is 4.79 Å². The van der Waals surface area contributed by atoms with Crippen molar-refractivity contribution in [1.29, 1.82) is 0 Å². The Labute approximate surface area is 109 Å². The van der Waals surface area contributed by atoms with E-state index in [9.17, 15) is 9.18 Å². The highest BCUT2D eigenvalue weighted by Crippen LogP contribution is 2.17. The predicted octanol–water partition coefficient (Wildman–Crippen LogP) is 2.27. The zero-order valence-corrected chi connectivity index (χ0v) is 11.7. The molecule has 1 unspecified atom stereocenters. The molecule has 0 aromatic heterocycles. The number of halogens is 2. The van der Waals surface area contributed by atoms with Crippen LogP contribution in [0.3, 0.4) is 0 Å². The van der Waals surface area contributed by atoms with Gasteiger partial charge in [0.15, 0.2) is 0 Å². The lowest BCUT2D eigenvalue weighted by molar-refractivity contribution is 0.0933. The zero-order valence-electron chi connectivity index (χ0n) is 10.1. The maximum atomic E-state index is 12.9. The molecule has 94 valence electrons. The summed E-state index contributed by atoms with van der Waals surface area (Å²) in [5.41, 5.74) is 0.442. The molecule has 1 N–H and O–H groups in total. The Bertz CT molecular complexity index is 409. The first-order valence-corrected chi connectivity index (χ1v) is 6.10. The molecule has 0 bridgehead atoms. The number of rotatable bonds is 4. The van der Waals surface area contributed by atoms with E-state index in [2.05, 4.69) is 21.2 Å². The first-order valence-electron chi connectivity index (χ1n) is 5.31. The Hall–Kier alpha value is -0.940. The number of nitrogens with zero attached hydrogens (tertiary/aromatic N) is 1. The summed E-state index contributed by atoms with van der Waals surface area (Å²) in [6.07, 6.45) is 0. The maximum absolute atomic E-state index is 12.9. The van der Waals surface area contributed by atoms with E-state index in [1.54, 1.807) is 0 Å². The van der Waals surface area contributed by atoms with Gasteiger partial charge in [0.1, 0.15) is 5.82 Å². The van der Waals surface area contributed by atoms with Crippen molar-refractivity contribution in [2.45, 2.75) is 13.0 Å². The number of likely N-dealkylation sites (N-methyl/N-ethyl adjacent to an activating group) is 1. The average molecular weight is 303 g/mol. The van der Waals surface area contributed by atoms with Crippen LogP contribution in [0.2, 0.25) is 0 Å². The smallest absolute Gasteiger partial charge is 0.252 e. The van der Waals surface area contributed by atoms with Crippen LogP contribution in [0.25, 0.3) is 0 Å². The quantitative estimate of drug-likeness (QED) is 0.925. The average Bonchev–Trinajstić information content (AvgIpc) is 2.15. The van der Waals surface area contributed by atoms with Crippen LogP contribution in [-0.4, -0.2) is 37.5 Å². The highest BCUT2D eigenvalue weighted by molar-refractivity contribution is 9.10. The first kappa shape index (κ1) is 14.1. The minimum absolute atomic E-state index is 0.0365. The Balaban J connectivity index is 2.70. The van der Waals surface area contributed by atoms with Crippen molar-refractivity contribution in [3.8, 4) is 0 Å². The molecule has 5 heteroatoms. The van der Waals surface area contributed by atoms with E-state index in [0.29, 0.717) is 10.0 Å². The van der Waals surface area contributed by atoms with Crippen LogP contribution < -0.4 is 5.32 Å². The van der Waals surface area contributed by atoms with Gasteiger partial charge in [0.2, 0.25) is 0 Å². The fourth-order valence-electron chi connectivity index (χ4n) is 1.57. The molecule has 0 aliphatic carbocycles. The number of hydrogen-bond acceptors (Lipinski definition) is 2. The molecule has 1 rings (SSSR count). The third kappa shape index (κ3) is 4.44. The van der Waals surface area contributed by atoms with Gasteiger partial charge in [0.05, 0.1) is 5.56 Å². The molecule has 0 spiro atoms.